The predicted molar refractivity (Wildman–Crippen MR) is 104 cm³/mol. The maximum Gasteiger partial charge on any atom is -0.00549 e. The van der Waals surface area contributed by atoms with Gasteiger partial charge < -0.3 is 0 Å². The van der Waals surface area contributed by atoms with E-state index in [-0.39, 0.29) is 0 Å². The predicted octanol–water partition coefficient (Wildman–Crippen LogP) is 7.17. The zero-order valence-corrected chi connectivity index (χ0v) is 15.0. The lowest BCUT2D eigenvalue weighted by atomic mass is 9.92. The summed E-state index contributed by atoms with van der Waals surface area (Å²) < 4.78 is 0. The van der Waals surface area contributed by atoms with Crippen LogP contribution in [0.25, 0.3) is 21.9 Å². The molecular weight excluding hydrogens is 276 g/mol. The van der Waals surface area contributed by atoms with E-state index in [1.165, 1.54) is 57.9 Å². The molecule has 2 aromatic carbocycles. The summed E-state index contributed by atoms with van der Waals surface area (Å²) in [4.78, 5) is 0. The zero-order chi connectivity index (χ0) is 16.4. The molecule has 23 heavy (non-hydrogen) atoms. The first-order valence-electron chi connectivity index (χ1n) is 9.08. The first kappa shape index (κ1) is 16.1. The lowest BCUT2D eigenvalue weighted by Gasteiger charge is -2.12. The van der Waals surface area contributed by atoms with Crippen molar-refractivity contribution in [2.75, 3.05) is 0 Å². The van der Waals surface area contributed by atoms with Gasteiger partial charge in [0.05, 0.1) is 0 Å². The van der Waals surface area contributed by atoms with E-state index in [0.717, 1.165) is 12.8 Å². The standard InChI is InChI=1S/C23H28/c1-5-7-10-16(3)20-11-8-12-22-21(20)14-13-19-15-18(9-6-2)17(4)23(19)22/h8,10-14H,5-7,9,15H2,1-4H3. The van der Waals surface area contributed by atoms with Gasteiger partial charge in [-0.15, -0.1) is 0 Å². The Kier molecular flexibility index (Phi) is 4.71. The van der Waals surface area contributed by atoms with Crippen molar-refractivity contribution in [3.05, 3.63) is 58.7 Å². The SMILES string of the molecule is CCCC=C(C)c1cccc2c3c(ccc12)CC(CCC)=C3C. The summed E-state index contributed by atoms with van der Waals surface area (Å²) in [5.41, 5.74) is 9.00. The van der Waals surface area contributed by atoms with Crippen LogP contribution in [0.1, 0.15) is 70.1 Å². The lowest BCUT2D eigenvalue weighted by molar-refractivity contribution is 0.883. The highest BCUT2D eigenvalue weighted by Gasteiger charge is 2.20. The normalized spacial score (nSPS) is 14.7. The first-order valence-corrected chi connectivity index (χ1v) is 9.08. The Labute approximate surface area is 140 Å². The monoisotopic (exact) mass is 304 g/mol. The summed E-state index contributed by atoms with van der Waals surface area (Å²) in [5, 5.41) is 2.85. The van der Waals surface area contributed by atoms with Crippen molar-refractivity contribution in [2.24, 2.45) is 0 Å². The fourth-order valence-corrected chi connectivity index (χ4v) is 3.92. The van der Waals surface area contributed by atoms with Crippen molar-refractivity contribution >= 4 is 21.9 Å². The minimum Gasteiger partial charge on any atom is -0.0810 e. The summed E-state index contributed by atoms with van der Waals surface area (Å²) in [5.74, 6) is 0. The average molecular weight is 304 g/mol. The Bertz CT molecular complexity index is 787. The minimum absolute atomic E-state index is 1.15. The molecule has 2 aromatic rings. The average Bonchev–Trinajstić information content (AvgIpc) is 2.89. The van der Waals surface area contributed by atoms with Crippen LogP contribution in [0.3, 0.4) is 0 Å². The highest BCUT2D eigenvalue weighted by molar-refractivity contribution is 6.02. The van der Waals surface area contributed by atoms with Gasteiger partial charge in [0.2, 0.25) is 0 Å². The van der Waals surface area contributed by atoms with Gasteiger partial charge in [0.15, 0.2) is 0 Å². The number of allylic oxidation sites excluding steroid dienone is 4. The minimum atomic E-state index is 1.15. The lowest BCUT2D eigenvalue weighted by Crippen LogP contribution is -1.90. The molecule has 0 heterocycles. The van der Waals surface area contributed by atoms with E-state index in [0.29, 0.717) is 0 Å². The van der Waals surface area contributed by atoms with Gasteiger partial charge in [0.25, 0.3) is 0 Å². The summed E-state index contributed by atoms with van der Waals surface area (Å²) in [6.07, 6.45) is 8.37. The molecule has 0 bridgehead atoms. The Balaban J connectivity index is 2.17. The van der Waals surface area contributed by atoms with Gasteiger partial charge in [-0.05, 0) is 71.7 Å². The van der Waals surface area contributed by atoms with Crippen molar-refractivity contribution in [3.8, 4) is 0 Å². The second-order valence-electron chi connectivity index (χ2n) is 6.83. The summed E-state index contributed by atoms with van der Waals surface area (Å²) in [6.45, 7) is 9.09. The largest absolute Gasteiger partial charge is 0.0810 e. The number of benzene rings is 2. The molecule has 0 fully saturated rings. The van der Waals surface area contributed by atoms with Gasteiger partial charge in [-0.2, -0.15) is 0 Å². The molecule has 0 saturated carbocycles. The van der Waals surface area contributed by atoms with E-state index in [9.17, 15) is 0 Å². The molecule has 3 rings (SSSR count). The summed E-state index contributed by atoms with van der Waals surface area (Å²) >= 11 is 0. The van der Waals surface area contributed by atoms with Crippen LogP contribution in [0.5, 0.6) is 0 Å². The Hall–Kier alpha value is -1.82. The quantitative estimate of drug-likeness (QED) is 0.549. The fourth-order valence-electron chi connectivity index (χ4n) is 3.92. The maximum atomic E-state index is 2.38. The maximum absolute atomic E-state index is 2.38. The van der Waals surface area contributed by atoms with Crippen LogP contribution in [-0.2, 0) is 6.42 Å². The van der Waals surface area contributed by atoms with Crippen molar-refractivity contribution in [1.29, 1.82) is 0 Å². The van der Waals surface area contributed by atoms with Crippen LogP contribution in [-0.4, -0.2) is 0 Å². The Morgan fingerprint density at radius 1 is 1.04 bits per heavy atom. The second-order valence-corrected chi connectivity index (χ2v) is 6.83. The van der Waals surface area contributed by atoms with E-state index in [1.807, 2.05) is 0 Å². The first-order chi connectivity index (χ1) is 11.2. The van der Waals surface area contributed by atoms with Gasteiger partial charge >= 0.3 is 0 Å². The molecule has 0 heteroatoms. The molecule has 0 radical (unpaired) electrons. The van der Waals surface area contributed by atoms with Crippen LogP contribution < -0.4 is 0 Å². The molecule has 1 aliphatic carbocycles. The van der Waals surface area contributed by atoms with Gasteiger partial charge in [-0.25, -0.2) is 0 Å². The van der Waals surface area contributed by atoms with Crippen molar-refractivity contribution in [1.82, 2.24) is 0 Å². The van der Waals surface area contributed by atoms with E-state index in [1.54, 1.807) is 5.57 Å². The van der Waals surface area contributed by atoms with Gasteiger partial charge in [0.1, 0.15) is 0 Å². The van der Waals surface area contributed by atoms with Gasteiger partial charge in [-0.3, -0.25) is 0 Å². The van der Waals surface area contributed by atoms with E-state index >= 15 is 0 Å². The molecule has 0 aliphatic heterocycles. The van der Waals surface area contributed by atoms with E-state index in [4.69, 9.17) is 0 Å². The molecule has 0 nitrogen and oxygen atoms in total. The summed E-state index contributed by atoms with van der Waals surface area (Å²) in [7, 11) is 0. The molecule has 0 unspecified atom stereocenters. The Morgan fingerprint density at radius 2 is 1.87 bits per heavy atom. The number of unbranched alkanes of at least 4 members (excludes halogenated alkanes) is 1. The van der Waals surface area contributed by atoms with Gasteiger partial charge in [-0.1, -0.05) is 68.7 Å². The van der Waals surface area contributed by atoms with E-state index in [2.05, 4.69) is 64.1 Å². The summed E-state index contributed by atoms with van der Waals surface area (Å²) in [6, 6.07) is 11.5. The van der Waals surface area contributed by atoms with Crippen LogP contribution >= 0.6 is 0 Å². The molecule has 0 N–H and O–H groups in total. The van der Waals surface area contributed by atoms with Crippen LogP contribution in [0.2, 0.25) is 0 Å². The number of hydrogen-bond donors (Lipinski definition) is 0. The molecule has 120 valence electrons. The third-order valence-electron chi connectivity index (χ3n) is 5.17. The second kappa shape index (κ2) is 6.74. The molecule has 0 atom stereocenters. The van der Waals surface area contributed by atoms with Crippen LogP contribution in [0.15, 0.2) is 42.0 Å². The highest BCUT2D eigenvalue weighted by Crippen LogP contribution is 2.40. The highest BCUT2D eigenvalue weighted by atomic mass is 14.2. The fraction of sp³-hybridized carbons (Fsp3) is 0.391. The number of fused-ring (bicyclic) bond motifs is 3. The van der Waals surface area contributed by atoms with Gasteiger partial charge in [0, 0.05) is 0 Å². The smallest absolute Gasteiger partial charge is 0.00549 e. The molecular formula is C23H28. The van der Waals surface area contributed by atoms with Crippen molar-refractivity contribution < 1.29 is 0 Å². The van der Waals surface area contributed by atoms with Crippen LogP contribution in [0.4, 0.5) is 0 Å². The van der Waals surface area contributed by atoms with E-state index < -0.39 is 0 Å². The molecule has 0 saturated heterocycles. The number of rotatable bonds is 5. The third kappa shape index (κ3) is 2.87. The number of hydrogen-bond acceptors (Lipinski definition) is 0. The third-order valence-corrected chi connectivity index (χ3v) is 5.17. The topological polar surface area (TPSA) is 0 Å². The van der Waals surface area contributed by atoms with Crippen molar-refractivity contribution in [3.63, 3.8) is 0 Å². The molecule has 0 aromatic heterocycles. The van der Waals surface area contributed by atoms with Crippen molar-refractivity contribution in [2.45, 2.75) is 59.8 Å². The zero-order valence-electron chi connectivity index (χ0n) is 15.0. The molecule has 0 spiro atoms. The molecule has 0 amide bonds. The van der Waals surface area contributed by atoms with Crippen LogP contribution in [0, 0.1) is 0 Å². The molecule has 1 aliphatic rings. The Morgan fingerprint density at radius 3 is 2.61 bits per heavy atom.